The summed E-state index contributed by atoms with van der Waals surface area (Å²) >= 11 is 0. The lowest BCUT2D eigenvalue weighted by Gasteiger charge is -2.14. The van der Waals surface area contributed by atoms with Gasteiger partial charge in [0, 0.05) is 16.8 Å². The lowest BCUT2D eigenvalue weighted by molar-refractivity contribution is 0.102. The zero-order valence-corrected chi connectivity index (χ0v) is 14.5. The second-order valence-corrected chi connectivity index (χ2v) is 6.03. The second kappa shape index (κ2) is 7.62. The van der Waals surface area contributed by atoms with Crippen LogP contribution in [0.5, 0.6) is 0 Å². The number of carbonyl (C=O) groups excluding carboxylic acids is 1. The van der Waals surface area contributed by atoms with Crippen molar-refractivity contribution in [3.8, 4) is 22.4 Å². The molecule has 0 radical (unpaired) electrons. The molecular weight excluding hydrogens is 334 g/mol. The number of nitrogens with zero attached hydrogens (tertiary/aromatic N) is 2. The van der Waals surface area contributed by atoms with Gasteiger partial charge in [-0.3, -0.25) is 4.79 Å². The van der Waals surface area contributed by atoms with Crippen LogP contribution in [0.15, 0.2) is 97.2 Å². The summed E-state index contributed by atoms with van der Waals surface area (Å²) in [6, 6.07) is 29.0. The number of rotatable bonds is 4. The molecule has 0 bridgehead atoms. The first-order chi connectivity index (χ1) is 13.3. The van der Waals surface area contributed by atoms with Gasteiger partial charge in [0.1, 0.15) is 5.69 Å². The molecule has 4 heteroatoms. The highest BCUT2D eigenvalue weighted by Crippen LogP contribution is 2.33. The third kappa shape index (κ3) is 3.60. The van der Waals surface area contributed by atoms with Gasteiger partial charge in [0.15, 0.2) is 0 Å². The molecule has 130 valence electrons. The smallest absolute Gasteiger partial charge is 0.258 e. The minimum Gasteiger partial charge on any atom is -0.322 e. The van der Waals surface area contributed by atoms with Crippen LogP contribution in [0, 0.1) is 0 Å². The number of hydrogen-bond acceptors (Lipinski definition) is 3. The molecule has 0 aliphatic rings. The summed E-state index contributed by atoms with van der Waals surface area (Å²) in [5, 5.41) is 11.4. The molecule has 4 nitrogen and oxygen atoms in total. The second-order valence-electron chi connectivity index (χ2n) is 6.03. The molecule has 4 rings (SSSR count). The SMILES string of the molecule is O=C(Nc1ccccc1)c1cnnc(-c2ccccc2)c1-c1ccccc1. The van der Waals surface area contributed by atoms with E-state index in [1.807, 2.05) is 91.0 Å². The summed E-state index contributed by atoms with van der Waals surface area (Å²) < 4.78 is 0. The van der Waals surface area contributed by atoms with E-state index in [-0.39, 0.29) is 5.91 Å². The largest absolute Gasteiger partial charge is 0.322 e. The van der Waals surface area contributed by atoms with Crippen molar-refractivity contribution < 1.29 is 4.79 Å². The minimum absolute atomic E-state index is 0.216. The van der Waals surface area contributed by atoms with E-state index in [4.69, 9.17) is 0 Å². The molecule has 1 aromatic heterocycles. The third-order valence-corrected chi connectivity index (χ3v) is 4.24. The Morgan fingerprint density at radius 1 is 0.704 bits per heavy atom. The van der Waals surface area contributed by atoms with Crippen LogP contribution in [0.4, 0.5) is 5.69 Å². The van der Waals surface area contributed by atoms with Crippen molar-refractivity contribution in [2.75, 3.05) is 5.32 Å². The fourth-order valence-electron chi connectivity index (χ4n) is 2.97. The highest BCUT2D eigenvalue weighted by molar-refractivity contribution is 6.10. The molecule has 1 N–H and O–H groups in total. The Bertz CT molecular complexity index is 1050. The topological polar surface area (TPSA) is 54.9 Å². The van der Waals surface area contributed by atoms with Crippen LogP contribution >= 0.6 is 0 Å². The highest BCUT2D eigenvalue weighted by atomic mass is 16.1. The number of anilines is 1. The van der Waals surface area contributed by atoms with Crippen molar-refractivity contribution in [2.45, 2.75) is 0 Å². The molecule has 0 atom stereocenters. The van der Waals surface area contributed by atoms with Gasteiger partial charge in [-0.1, -0.05) is 78.9 Å². The normalized spacial score (nSPS) is 10.4. The van der Waals surface area contributed by atoms with Crippen LogP contribution in [0.2, 0.25) is 0 Å². The lowest BCUT2D eigenvalue weighted by atomic mass is 9.95. The van der Waals surface area contributed by atoms with Gasteiger partial charge in [-0.25, -0.2) is 0 Å². The van der Waals surface area contributed by atoms with Gasteiger partial charge in [0.05, 0.1) is 11.8 Å². The first kappa shape index (κ1) is 16.7. The number of aromatic nitrogens is 2. The van der Waals surface area contributed by atoms with Crippen molar-refractivity contribution in [3.05, 3.63) is 103 Å². The Balaban J connectivity index is 1.85. The van der Waals surface area contributed by atoms with E-state index < -0.39 is 0 Å². The van der Waals surface area contributed by atoms with Crippen molar-refractivity contribution in [2.24, 2.45) is 0 Å². The molecule has 27 heavy (non-hydrogen) atoms. The molecule has 4 aromatic rings. The predicted octanol–water partition coefficient (Wildman–Crippen LogP) is 5.06. The summed E-state index contributed by atoms with van der Waals surface area (Å²) in [4.78, 5) is 13.0. The first-order valence-electron chi connectivity index (χ1n) is 8.66. The molecule has 1 heterocycles. The maximum Gasteiger partial charge on any atom is 0.258 e. The Hall–Kier alpha value is -3.79. The molecule has 0 unspecified atom stereocenters. The zero-order valence-electron chi connectivity index (χ0n) is 14.5. The van der Waals surface area contributed by atoms with E-state index in [1.165, 1.54) is 6.20 Å². The monoisotopic (exact) mass is 351 g/mol. The molecule has 0 aliphatic heterocycles. The Kier molecular flexibility index (Phi) is 4.70. The number of para-hydroxylation sites is 1. The molecule has 0 saturated carbocycles. The number of carbonyl (C=O) groups is 1. The summed E-state index contributed by atoms with van der Waals surface area (Å²) in [7, 11) is 0. The predicted molar refractivity (Wildman–Crippen MR) is 107 cm³/mol. The summed E-state index contributed by atoms with van der Waals surface area (Å²) in [5.74, 6) is -0.216. The van der Waals surface area contributed by atoms with Crippen molar-refractivity contribution in [1.82, 2.24) is 10.2 Å². The molecule has 0 spiro atoms. The van der Waals surface area contributed by atoms with Crippen LogP contribution in [0.1, 0.15) is 10.4 Å². The first-order valence-corrected chi connectivity index (χ1v) is 8.66. The maximum atomic E-state index is 13.0. The number of hydrogen-bond donors (Lipinski definition) is 1. The molecular formula is C23H17N3O. The summed E-state index contributed by atoms with van der Waals surface area (Å²) in [5.41, 5.74) is 4.51. The van der Waals surface area contributed by atoms with E-state index in [2.05, 4.69) is 15.5 Å². The van der Waals surface area contributed by atoms with E-state index in [0.717, 1.165) is 22.4 Å². The maximum absolute atomic E-state index is 13.0. The average Bonchev–Trinajstić information content (AvgIpc) is 2.75. The van der Waals surface area contributed by atoms with Gasteiger partial charge in [0.2, 0.25) is 0 Å². The fraction of sp³-hybridized carbons (Fsp3) is 0. The van der Waals surface area contributed by atoms with Crippen LogP contribution in [-0.2, 0) is 0 Å². The van der Waals surface area contributed by atoms with Crippen LogP contribution in [-0.4, -0.2) is 16.1 Å². The van der Waals surface area contributed by atoms with Gasteiger partial charge in [-0.05, 0) is 17.7 Å². The summed E-state index contributed by atoms with van der Waals surface area (Å²) in [6.07, 6.45) is 1.52. The quantitative estimate of drug-likeness (QED) is 0.559. The van der Waals surface area contributed by atoms with Crippen LogP contribution in [0.25, 0.3) is 22.4 Å². The van der Waals surface area contributed by atoms with Gasteiger partial charge in [-0.15, -0.1) is 5.10 Å². The third-order valence-electron chi connectivity index (χ3n) is 4.24. The Labute approximate surface area is 157 Å². The van der Waals surface area contributed by atoms with E-state index in [1.54, 1.807) is 0 Å². The number of benzene rings is 3. The van der Waals surface area contributed by atoms with Crippen molar-refractivity contribution in [3.63, 3.8) is 0 Å². The number of amides is 1. The standard InChI is InChI=1S/C23H17N3O/c27-23(25-19-14-8-3-9-15-19)20-16-24-26-22(18-12-6-2-7-13-18)21(20)17-10-4-1-5-11-17/h1-16H,(H,25,27). The van der Waals surface area contributed by atoms with E-state index in [9.17, 15) is 4.79 Å². The van der Waals surface area contributed by atoms with Gasteiger partial charge < -0.3 is 5.32 Å². The Morgan fingerprint density at radius 3 is 1.89 bits per heavy atom. The molecule has 0 fully saturated rings. The highest BCUT2D eigenvalue weighted by Gasteiger charge is 2.19. The Morgan fingerprint density at radius 2 is 1.26 bits per heavy atom. The zero-order chi connectivity index (χ0) is 18.5. The minimum atomic E-state index is -0.216. The molecule has 0 aliphatic carbocycles. The van der Waals surface area contributed by atoms with Crippen molar-refractivity contribution in [1.29, 1.82) is 0 Å². The fourth-order valence-corrected chi connectivity index (χ4v) is 2.97. The summed E-state index contributed by atoms with van der Waals surface area (Å²) in [6.45, 7) is 0. The molecule has 3 aromatic carbocycles. The van der Waals surface area contributed by atoms with Crippen LogP contribution < -0.4 is 5.32 Å². The van der Waals surface area contributed by atoms with E-state index in [0.29, 0.717) is 11.3 Å². The van der Waals surface area contributed by atoms with Crippen molar-refractivity contribution >= 4 is 11.6 Å². The molecule has 0 saturated heterocycles. The lowest BCUT2D eigenvalue weighted by Crippen LogP contribution is -2.14. The van der Waals surface area contributed by atoms with Crippen LogP contribution in [0.3, 0.4) is 0 Å². The van der Waals surface area contributed by atoms with Gasteiger partial charge >= 0.3 is 0 Å². The molecule has 1 amide bonds. The van der Waals surface area contributed by atoms with Gasteiger partial charge in [-0.2, -0.15) is 5.10 Å². The van der Waals surface area contributed by atoms with E-state index >= 15 is 0 Å². The number of nitrogens with one attached hydrogen (secondary N) is 1. The average molecular weight is 351 g/mol. The van der Waals surface area contributed by atoms with Gasteiger partial charge in [0.25, 0.3) is 5.91 Å².